The highest BCUT2D eigenvalue weighted by Crippen LogP contribution is 2.46. The first-order valence-corrected chi connectivity index (χ1v) is 13.7. The number of rotatable bonds is 11. The van der Waals surface area contributed by atoms with Gasteiger partial charge in [-0.15, -0.1) is 0 Å². The van der Waals surface area contributed by atoms with Crippen molar-refractivity contribution in [2.24, 2.45) is 29.6 Å². The summed E-state index contributed by atoms with van der Waals surface area (Å²) in [5.41, 5.74) is 1.70. The average Bonchev–Trinajstić information content (AvgIpc) is 3.17. The second-order valence-corrected chi connectivity index (χ2v) is 10.2. The highest BCUT2D eigenvalue weighted by atomic mass is 16.5. The van der Waals surface area contributed by atoms with Crippen LogP contribution < -0.4 is 10.2 Å². The molecular weight excluding hydrogens is 470 g/mol. The molecule has 1 aromatic rings. The number of anilines is 2. The maximum atomic E-state index is 14.0. The number of esters is 1. The number of nitrogens with zero attached hydrogens (tertiary/aromatic N) is 2. The molecule has 1 saturated heterocycles. The number of benzene rings is 1. The zero-order valence-electron chi connectivity index (χ0n) is 23.0. The van der Waals surface area contributed by atoms with E-state index in [1.54, 1.807) is 6.92 Å². The third-order valence-electron chi connectivity index (χ3n) is 7.92. The first-order valence-electron chi connectivity index (χ1n) is 13.7. The average molecular weight is 514 g/mol. The molecule has 0 radical (unpaired) electrons. The normalized spacial score (nSPS) is 25.7. The fourth-order valence-electron chi connectivity index (χ4n) is 5.93. The van der Waals surface area contributed by atoms with Crippen LogP contribution in [0.3, 0.4) is 0 Å². The van der Waals surface area contributed by atoms with E-state index in [-0.39, 0.29) is 36.9 Å². The third-order valence-corrected chi connectivity index (χ3v) is 7.92. The van der Waals surface area contributed by atoms with Crippen molar-refractivity contribution in [2.45, 2.75) is 60.0 Å². The van der Waals surface area contributed by atoms with Crippen molar-refractivity contribution in [3.05, 3.63) is 36.4 Å². The number of hydrogen-bond acceptors (Lipinski definition) is 6. The lowest BCUT2D eigenvalue weighted by Crippen LogP contribution is -2.52. The van der Waals surface area contributed by atoms with Crippen LogP contribution in [0.5, 0.6) is 0 Å². The molecule has 6 atom stereocenters. The van der Waals surface area contributed by atoms with Crippen molar-refractivity contribution in [3.8, 4) is 0 Å². The standard InChI is InChI=1S/C29H43N3O5/c1-7-19-11-16-22-25(24(19)29(36)37-10-4)28(35)32(23(17-33)18(5)6)26(22)27(34)30-20-12-14-21(15-13-20)31(8-2)9-3/h11-16,18-19,22-26,33H,7-10,17H2,1-6H3,(H,30,34)/t19-,22+,23+,24-,25-,26+/m1/s1. The Morgan fingerprint density at radius 2 is 1.73 bits per heavy atom. The number of allylic oxidation sites excluding steroid dienone is 1. The monoisotopic (exact) mass is 513 g/mol. The Labute approximate surface area is 221 Å². The van der Waals surface area contributed by atoms with Crippen molar-refractivity contribution < 1.29 is 24.2 Å². The zero-order valence-corrected chi connectivity index (χ0v) is 23.0. The molecule has 2 N–H and O–H groups in total. The Morgan fingerprint density at radius 1 is 1.08 bits per heavy atom. The van der Waals surface area contributed by atoms with Crippen LogP contribution in [-0.2, 0) is 19.1 Å². The number of hydrogen-bond donors (Lipinski definition) is 2. The number of carbonyl (C=O) groups is 3. The van der Waals surface area contributed by atoms with E-state index in [0.29, 0.717) is 12.1 Å². The van der Waals surface area contributed by atoms with E-state index in [0.717, 1.165) is 18.8 Å². The lowest BCUT2D eigenvalue weighted by Gasteiger charge is -2.35. The summed E-state index contributed by atoms with van der Waals surface area (Å²) >= 11 is 0. The Balaban J connectivity index is 1.98. The van der Waals surface area contributed by atoms with Gasteiger partial charge >= 0.3 is 5.97 Å². The predicted octanol–water partition coefficient (Wildman–Crippen LogP) is 3.71. The highest BCUT2D eigenvalue weighted by Gasteiger charge is 2.59. The van der Waals surface area contributed by atoms with Crippen LogP contribution in [0.15, 0.2) is 36.4 Å². The number of aliphatic hydroxyl groups is 1. The van der Waals surface area contributed by atoms with Gasteiger partial charge in [0.2, 0.25) is 11.8 Å². The number of likely N-dealkylation sites (tertiary alicyclic amines) is 1. The molecule has 1 aliphatic carbocycles. The van der Waals surface area contributed by atoms with Crippen LogP contribution in [0, 0.1) is 29.6 Å². The SMILES string of the molecule is CCOC(=O)[C@H]1[C@@H]2C(=O)N([C@@H](CO)C(C)C)[C@H](C(=O)Nc3ccc(N(CC)CC)cc3)[C@H]2C=C[C@H]1CC. The molecular formula is C29H43N3O5. The largest absolute Gasteiger partial charge is 0.466 e. The third kappa shape index (κ3) is 5.69. The summed E-state index contributed by atoms with van der Waals surface area (Å²) in [6.45, 7) is 13.5. The molecule has 0 bridgehead atoms. The van der Waals surface area contributed by atoms with E-state index >= 15 is 0 Å². The summed E-state index contributed by atoms with van der Waals surface area (Å²) in [7, 11) is 0. The molecule has 1 fully saturated rings. The summed E-state index contributed by atoms with van der Waals surface area (Å²) in [6.07, 6.45) is 4.57. The molecule has 0 spiro atoms. The molecule has 0 saturated carbocycles. The van der Waals surface area contributed by atoms with Gasteiger partial charge in [0, 0.05) is 30.4 Å². The van der Waals surface area contributed by atoms with Gasteiger partial charge in [0.15, 0.2) is 0 Å². The topological polar surface area (TPSA) is 99.2 Å². The minimum Gasteiger partial charge on any atom is -0.466 e. The van der Waals surface area contributed by atoms with E-state index in [2.05, 4.69) is 24.1 Å². The van der Waals surface area contributed by atoms with E-state index < -0.39 is 35.8 Å². The molecule has 1 aliphatic heterocycles. The summed E-state index contributed by atoms with van der Waals surface area (Å²) < 4.78 is 5.38. The number of ether oxygens (including phenoxy) is 1. The molecule has 8 nitrogen and oxygen atoms in total. The van der Waals surface area contributed by atoms with Crippen LogP contribution in [0.4, 0.5) is 11.4 Å². The molecule has 37 heavy (non-hydrogen) atoms. The first-order chi connectivity index (χ1) is 17.7. The second-order valence-electron chi connectivity index (χ2n) is 10.2. The van der Waals surface area contributed by atoms with Gasteiger partial charge in [0.05, 0.1) is 31.1 Å². The smallest absolute Gasteiger partial charge is 0.310 e. The number of carbonyl (C=O) groups excluding carboxylic acids is 3. The molecule has 8 heteroatoms. The van der Waals surface area contributed by atoms with Crippen LogP contribution >= 0.6 is 0 Å². The van der Waals surface area contributed by atoms with Crippen molar-refractivity contribution in [1.29, 1.82) is 0 Å². The molecule has 204 valence electrons. The van der Waals surface area contributed by atoms with Gasteiger partial charge in [-0.25, -0.2) is 0 Å². The molecule has 2 aliphatic rings. The number of amides is 2. The molecule has 3 rings (SSSR count). The van der Waals surface area contributed by atoms with Gasteiger partial charge in [-0.05, 0) is 63.3 Å². The molecule has 1 heterocycles. The van der Waals surface area contributed by atoms with Crippen LogP contribution in [0.2, 0.25) is 0 Å². The quantitative estimate of drug-likeness (QED) is 0.346. The van der Waals surface area contributed by atoms with Gasteiger partial charge in [0.1, 0.15) is 6.04 Å². The highest BCUT2D eigenvalue weighted by molar-refractivity contribution is 6.01. The van der Waals surface area contributed by atoms with Gasteiger partial charge in [-0.3, -0.25) is 14.4 Å². The lowest BCUT2D eigenvalue weighted by atomic mass is 9.69. The fraction of sp³-hybridized carbons (Fsp3) is 0.621. The molecule has 0 unspecified atom stereocenters. The van der Waals surface area contributed by atoms with Crippen molar-refractivity contribution in [1.82, 2.24) is 4.90 Å². The molecule has 1 aromatic carbocycles. The minimum absolute atomic E-state index is 0.0789. The number of fused-ring (bicyclic) bond motifs is 1. The first kappa shape index (κ1) is 28.7. The van der Waals surface area contributed by atoms with Gasteiger partial charge < -0.3 is 25.0 Å². The maximum absolute atomic E-state index is 14.0. The maximum Gasteiger partial charge on any atom is 0.310 e. The minimum atomic E-state index is -0.842. The van der Waals surface area contributed by atoms with Crippen LogP contribution in [-0.4, -0.2) is 66.2 Å². The summed E-state index contributed by atoms with van der Waals surface area (Å²) in [6, 6.07) is 6.27. The molecule has 2 amide bonds. The zero-order chi connectivity index (χ0) is 27.3. The predicted molar refractivity (Wildman–Crippen MR) is 145 cm³/mol. The van der Waals surface area contributed by atoms with Gasteiger partial charge in [-0.2, -0.15) is 0 Å². The van der Waals surface area contributed by atoms with Crippen molar-refractivity contribution >= 4 is 29.2 Å². The summed E-state index contributed by atoms with van der Waals surface area (Å²) in [4.78, 5) is 44.6. The van der Waals surface area contributed by atoms with E-state index in [4.69, 9.17) is 4.74 Å². The van der Waals surface area contributed by atoms with Crippen LogP contribution in [0.25, 0.3) is 0 Å². The van der Waals surface area contributed by atoms with E-state index in [1.165, 1.54) is 4.90 Å². The van der Waals surface area contributed by atoms with E-state index in [9.17, 15) is 19.5 Å². The lowest BCUT2D eigenvalue weighted by molar-refractivity contribution is -0.156. The van der Waals surface area contributed by atoms with Gasteiger partial charge in [0.25, 0.3) is 0 Å². The number of aliphatic hydroxyl groups excluding tert-OH is 1. The summed E-state index contributed by atoms with van der Waals surface area (Å²) in [5, 5.41) is 13.2. The van der Waals surface area contributed by atoms with E-state index in [1.807, 2.05) is 57.2 Å². The van der Waals surface area contributed by atoms with Gasteiger partial charge in [-0.1, -0.05) is 32.9 Å². The number of nitrogens with one attached hydrogen (secondary N) is 1. The van der Waals surface area contributed by atoms with Crippen molar-refractivity contribution in [3.63, 3.8) is 0 Å². The molecule has 0 aromatic heterocycles. The van der Waals surface area contributed by atoms with Crippen LogP contribution in [0.1, 0.15) is 48.0 Å². The Bertz CT molecular complexity index is 972. The van der Waals surface area contributed by atoms with Crippen molar-refractivity contribution in [2.75, 3.05) is 36.5 Å². The fourth-order valence-corrected chi connectivity index (χ4v) is 5.93. The Hall–Kier alpha value is -2.87. The Morgan fingerprint density at radius 3 is 2.24 bits per heavy atom. The second kappa shape index (κ2) is 12.6. The summed E-state index contributed by atoms with van der Waals surface area (Å²) in [5.74, 6) is -3.08. The Kier molecular flexibility index (Phi) is 9.76.